The Bertz CT molecular complexity index is 899. The van der Waals surface area contributed by atoms with E-state index in [1.807, 2.05) is 6.07 Å². The predicted molar refractivity (Wildman–Crippen MR) is 117 cm³/mol. The van der Waals surface area contributed by atoms with Gasteiger partial charge in [-0.1, -0.05) is 19.9 Å². The van der Waals surface area contributed by atoms with Crippen LogP contribution in [0.1, 0.15) is 67.0 Å². The first-order valence-electron chi connectivity index (χ1n) is 9.76. The topological polar surface area (TPSA) is 62.1 Å². The summed E-state index contributed by atoms with van der Waals surface area (Å²) in [6, 6.07) is 8.40. The monoisotopic (exact) mass is 460 g/mol. The quantitative estimate of drug-likeness (QED) is 0.501. The molecule has 6 heteroatoms. The lowest BCUT2D eigenvalue weighted by molar-refractivity contribution is -0.116. The Morgan fingerprint density at radius 1 is 1.36 bits per heavy atom. The molecule has 4 nitrogen and oxygen atoms in total. The number of thiophene rings is 1. The molecule has 0 spiro atoms. The van der Waals surface area contributed by atoms with Gasteiger partial charge in [0.05, 0.1) is 16.6 Å². The minimum Gasteiger partial charge on any atom is -0.492 e. The summed E-state index contributed by atoms with van der Waals surface area (Å²) in [5, 5.41) is 13.1. The van der Waals surface area contributed by atoms with E-state index in [9.17, 15) is 10.1 Å². The molecule has 1 aromatic carbocycles. The summed E-state index contributed by atoms with van der Waals surface area (Å²) in [6.07, 6.45) is 5.24. The Balaban J connectivity index is 1.49. The van der Waals surface area contributed by atoms with Crippen LogP contribution in [0.5, 0.6) is 5.75 Å². The normalized spacial score (nSPS) is 13.1. The summed E-state index contributed by atoms with van der Waals surface area (Å²) in [7, 11) is 0. The Morgan fingerprint density at radius 2 is 2.14 bits per heavy atom. The van der Waals surface area contributed by atoms with Gasteiger partial charge < -0.3 is 10.1 Å². The Labute approximate surface area is 179 Å². The van der Waals surface area contributed by atoms with Gasteiger partial charge in [0.25, 0.3) is 0 Å². The standard InChI is InChI=1S/C22H25BrN2O2S/c1-14(2)15-9-10-19(18(23)12-15)27-11-5-8-21(26)25-22-17(13-24)16-6-3-4-7-20(16)28-22/h9-10,12,14H,3-8,11H2,1-2H3,(H,25,26). The number of hydrogen-bond acceptors (Lipinski definition) is 4. The molecule has 1 heterocycles. The smallest absolute Gasteiger partial charge is 0.225 e. The van der Waals surface area contributed by atoms with E-state index in [2.05, 4.69) is 53.3 Å². The highest BCUT2D eigenvalue weighted by Crippen LogP contribution is 2.37. The van der Waals surface area contributed by atoms with Gasteiger partial charge in [-0.05, 0) is 77.2 Å². The number of nitriles is 1. The molecule has 2 aromatic rings. The molecular formula is C22H25BrN2O2S. The van der Waals surface area contributed by atoms with Crippen LogP contribution in [0, 0.1) is 11.3 Å². The van der Waals surface area contributed by atoms with Crippen molar-refractivity contribution in [1.29, 1.82) is 5.26 Å². The number of anilines is 1. The fourth-order valence-electron chi connectivity index (χ4n) is 3.37. The van der Waals surface area contributed by atoms with Crippen molar-refractivity contribution in [1.82, 2.24) is 0 Å². The first-order valence-corrected chi connectivity index (χ1v) is 11.4. The predicted octanol–water partition coefficient (Wildman–Crippen LogP) is 6.18. The van der Waals surface area contributed by atoms with Gasteiger partial charge in [-0.15, -0.1) is 11.3 Å². The molecule has 1 aliphatic rings. The summed E-state index contributed by atoms with van der Waals surface area (Å²) in [4.78, 5) is 13.6. The van der Waals surface area contributed by atoms with Crippen molar-refractivity contribution in [2.75, 3.05) is 11.9 Å². The molecule has 0 aliphatic heterocycles. The van der Waals surface area contributed by atoms with Crippen LogP contribution in [0.2, 0.25) is 0 Å². The first-order chi connectivity index (χ1) is 13.5. The number of halogens is 1. The average molecular weight is 461 g/mol. The van der Waals surface area contributed by atoms with Gasteiger partial charge in [0.2, 0.25) is 5.91 Å². The van der Waals surface area contributed by atoms with Crippen LogP contribution in [-0.4, -0.2) is 12.5 Å². The van der Waals surface area contributed by atoms with Crippen LogP contribution < -0.4 is 10.1 Å². The number of carbonyl (C=O) groups excluding carboxylic acids is 1. The van der Waals surface area contributed by atoms with E-state index in [1.165, 1.54) is 10.4 Å². The zero-order valence-corrected chi connectivity index (χ0v) is 18.7. The molecule has 0 saturated heterocycles. The van der Waals surface area contributed by atoms with Gasteiger partial charge in [0, 0.05) is 11.3 Å². The third kappa shape index (κ3) is 4.95. The number of carbonyl (C=O) groups is 1. The molecular weight excluding hydrogens is 436 g/mol. The average Bonchev–Trinajstić information content (AvgIpc) is 3.02. The largest absolute Gasteiger partial charge is 0.492 e. The third-order valence-electron chi connectivity index (χ3n) is 4.96. The molecule has 0 bridgehead atoms. The summed E-state index contributed by atoms with van der Waals surface area (Å²) in [5.41, 5.74) is 3.07. The number of hydrogen-bond donors (Lipinski definition) is 1. The fraction of sp³-hybridized carbons (Fsp3) is 0.455. The number of aryl methyl sites for hydroxylation is 1. The maximum absolute atomic E-state index is 12.3. The number of nitrogens with zero attached hydrogens (tertiary/aromatic N) is 1. The molecule has 0 fully saturated rings. The highest BCUT2D eigenvalue weighted by atomic mass is 79.9. The number of benzene rings is 1. The zero-order chi connectivity index (χ0) is 20.1. The maximum Gasteiger partial charge on any atom is 0.225 e. The molecule has 1 amide bonds. The first kappa shape index (κ1) is 20.9. The Hall–Kier alpha value is -1.84. The lowest BCUT2D eigenvalue weighted by Gasteiger charge is -2.11. The van der Waals surface area contributed by atoms with Gasteiger partial charge in [-0.3, -0.25) is 4.79 Å². The van der Waals surface area contributed by atoms with Crippen molar-refractivity contribution >= 4 is 38.2 Å². The van der Waals surface area contributed by atoms with E-state index >= 15 is 0 Å². The van der Waals surface area contributed by atoms with E-state index in [0.717, 1.165) is 41.5 Å². The molecule has 28 heavy (non-hydrogen) atoms. The number of rotatable bonds is 7. The lowest BCUT2D eigenvalue weighted by Crippen LogP contribution is -2.13. The van der Waals surface area contributed by atoms with Crippen molar-refractivity contribution in [3.05, 3.63) is 44.2 Å². The highest BCUT2D eigenvalue weighted by Gasteiger charge is 2.21. The molecule has 1 aromatic heterocycles. The highest BCUT2D eigenvalue weighted by molar-refractivity contribution is 9.10. The van der Waals surface area contributed by atoms with Crippen LogP contribution in [0.4, 0.5) is 5.00 Å². The summed E-state index contributed by atoms with van der Waals surface area (Å²) in [5.74, 6) is 1.20. The number of amides is 1. The van der Waals surface area contributed by atoms with Crippen molar-refractivity contribution in [3.63, 3.8) is 0 Å². The summed E-state index contributed by atoms with van der Waals surface area (Å²) >= 11 is 5.12. The van der Waals surface area contributed by atoms with Gasteiger partial charge in [0.1, 0.15) is 16.8 Å². The van der Waals surface area contributed by atoms with Gasteiger partial charge in [-0.2, -0.15) is 5.26 Å². The van der Waals surface area contributed by atoms with Gasteiger partial charge >= 0.3 is 0 Å². The van der Waals surface area contributed by atoms with Crippen molar-refractivity contribution in [3.8, 4) is 11.8 Å². The van der Waals surface area contributed by atoms with Crippen molar-refractivity contribution in [2.45, 2.75) is 58.3 Å². The van der Waals surface area contributed by atoms with E-state index in [1.54, 1.807) is 11.3 Å². The second-order valence-electron chi connectivity index (χ2n) is 7.37. The van der Waals surface area contributed by atoms with Crippen LogP contribution in [0.3, 0.4) is 0 Å². The van der Waals surface area contributed by atoms with E-state index < -0.39 is 0 Å². The Kier molecular flexibility index (Phi) is 7.14. The molecule has 3 rings (SSSR count). The molecule has 148 valence electrons. The molecule has 0 unspecified atom stereocenters. The number of ether oxygens (including phenoxy) is 1. The summed E-state index contributed by atoms with van der Waals surface area (Å²) < 4.78 is 6.74. The third-order valence-corrected chi connectivity index (χ3v) is 6.79. The van der Waals surface area contributed by atoms with E-state index in [4.69, 9.17) is 4.74 Å². The van der Waals surface area contributed by atoms with Crippen LogP contribution in [0.25, 0.3) is 0 Å². The van der Waals surface area contributed by atoms with E-state index in [-0.39, 0.29) is 5.91 Å². The van der Waals surface area contributed by atoms with Crippen molar-refractivity contribution < 1.29 is 9.53 Å². The minimum absolute atomic E-state index is 0.0621. The van der Waals surface area contributed by atoms with E-state index in [0.29, 0.717) is 35.9 Å². The van der Waals surface area contributed by atoms with Gasteiger partial charge in [-0.25, -0.2) is 0 Å². The fourth-order valence-corrected chi connectivity index (χ4v) is 5.14. The van der Waals surface area contributed by atoms with Crippen LogP contribution >= 0.6 is 27.3 Å². The molecule has 0 atom stereocenters. The van der Waals surface area contributed by atoms with Crippen LogP contribution in [-0.2, 0) is 17.6 Å². The maximum atomic E-state index is 12.3. The number of fused-ring (bicyclic) bond motifs is 1. The molecule has 0 radical (unpaired) electrons. The number of nitrogens with one attached hydrogen (secondary N) is 1. The van der Waals surface area contributed by atoms with Crippen molar-refractivity contribution in [2.24, 2.45) is 0 Å². The zero-order valence-electron chi connectivity index (χ0n) is 16.3. The molecule has 1 aliphatic carbocycles. The van der Waals surface area contributed by atoms with Crippen LogP contribution in [0.15, 0.2) is 22.7 Å². The lowest BCUT2D eigenvalue weighted by atomic mass is 9.96. The molecule has 1 N–H and O–H groups in total. The SMILES string of the molecule is CC(C)c1ccc(OCCCC(=O)Nc2sc3c(c2C#N)CCCC3)c(Br)c1. The molecule has 0 saturated carbocycles. The second kappa shape index (κ2) is 9.58. The summed E-state index contributed by atoms with van der Waals surface area (Å²) in [6.45, 7) is 4.78. The second-order valence-corrected chi connectivity index (χ2v) is 9.33. The van der Waals surface area contributed by atoms with Gasteiger partial charge in [0.15, 0.2) is 0 Å². The minimum atomic E-state index is -0.0621. The Morgan fingerprint density at radius 3 is 2.86 bits per heavy atom.